The Bertz CT molecular complexity index is 169. The first kappa shape index (κ1) is 8.59. The van der Waals surface area contributed by atoms with E-state index in [1.54, 1.807) is 18.2 Å². The molecule has 50 valence electrons. The number of halogens is 2. The van der Waals surface area contributed by atoms with Gasteiger partial charge in [0.1, 0.15) is 5.82 Å². The predicted molar refractivity (Wildman–Crippen MR) is 39.1 cm³/mol. The van der Waals surface area contributed by atoms with Gasteiger partial charge in [-0.15, -0.1) is 0 Å². The molecule has 0 radical (unpaired) electrons. The smallest absolute Gasteiger partial charge is 0.137 e. The van der Waals surface area contributed by atoms with Crippen LogP contribution >= 0.6 is 15.9 Å². The SMILES string of the molecule is Fc1ccccc1Br.N. The quantitative estimate of drug-likeness (QED) is 0.673. The monoisotopic (exact) mass is 191 g/mol. The Morgan fingerprint density at radius 1 is 1.22 bits per heavy atom. The zero-order valence-electron chi connectivity index (χ0n) is 4.77. The molecule has 3 heteroatoms. The molecule has 1 aromatic carbocycles. The lowest BCUT2D eigenvalue weighted by Crippen LogP contribution is -1.70. The van der Waals surface area contributed by atoms with E-state index in [0.717, 1.165) is 0 Å². The average Bonchev–Trinajstić information content (AvgIpc) is 1.77. The van der Waals surface area contributed by atoms with Gasteiger partial charge in [-0.3, -0.25) is 0 Å². The van der Waals surface area contributed by atoms with E-state index in [9.17, 15) is 4.39 Å². The largest absolute Gasteiger partial charge is 0.344 e. The second-order valence-corrected chi connectivity index (χ2v) is 2.27. The molecule has 0 amide bonds. The highest BCUT2D eigenvalue weighted by Crippen LogP contribution is 2.12. The molecule has 0 aliphatic carbocycles. The highest BCUT2D eigenvalue weighted by atomic mass is 79.9. The van der Waals surface area contributed by atoms with Crippen molar-refractivity contribution in [1.82, 2.24) is 6.15 Å². The van der Waals surface area contributed by atoms with Gasteiger partial charge in [0.15, 0.2) is 0 Å². The molecular formula is C6H7BrFN. The number of rotatable bonds is 0. The van der Waals surface area contributed by atoms with Crippen LogP contribution in [0.4, 0.5) is 4.39 Å². The highest BCUT2D eigenvalue weighted by molar-refractivity contribution is 9.10. The standard InChI is InChI=1S/C6H4BrF.H3N/c7-5-3-1-2-4-6(5)8;/h1-4H;1H3. The van der Waals surface area contributed by atoms with E-state index in [-0.39, 0.29) is 12.0 Å². The average molecular weight is 192 g/mol. The van der Waals surface area contributed by atoms with Crippen LogP contribution in [0.3, 0.4) is 0 Å². The molecule has 1 rings (SSSR count). The summed E-state index contributed by atoms with van der Waals surface area (Å²) < 4.78 is 12.8. The minimum absolute atomic E-state index is 0. The van der Waals surface area contributed by atoms with Crippen molar-refractivity contribution in [2.24, 2.45) is 0 Å². The summed E-state index contributed by atoms with van der Waals surface area (Å²) >= 11 is 3.02. The van der Waals surface area contributed by atoms with E-state index in [2.05, 4.69) is 15.9 Å². The van der Waals surface area contributed by atoms with E-state index < -0.39 is 0 Å². The van der Waals surface area contributed by atoms with Crippen LogP contribution in [0.25, 0.3) is 0 Å². The lowest BCUT2D eigenvalue weighted by atomic mass is 10.4. The molecule has 0 saturated carbocycles. The van der Waals surface area contributed by atoms with E-state index in [1.165, 1.54) is 6.07 Å². The second kappa shape index (κ2) is 3.58. The summed E-state index contributed by atoms with van der Waals surface area (Å²) in [4.78, 5) is 0. The maximum atomic E-state index is 12.3. The maximum absolute atomic E-state index is 12.3. The van der Waals surface area contributed by atoms with Crippen LogP contribution < -0.4 is 6.15 Å². The Labute approximate surface area is 61.6 Å². The minimum atomic E-state index is -0.215. The van der Waals surface area contributed by atoms with Gasteiger partial charge in [0, 0.05) is 0 Å². The fraction of sp³-hybridized carbons (Fsp3) is 0. The number of hydrogen-bond acceptors (Lipinski definition) is 1. The normalized spacial score (nSPS) is 8.22. The summed E-state index contributed by atoms with van der Waals surface area (Å²) in [5.41, 5.74) is 0. The highest BCUT2D eigenvalue weighted by Gasteiger charge is 1.90. The first-order valence-corrected chi connectivity index (χ1v) is 3.00. The van der Waals surface area contributed by atoms with Crippen LogP contribution in [0.5, 0.6) is 0 Å². The molecular weight excluding hydrogens is 185 g/mol. The summed E-state index contributed by atoms with van der Waals surface area (Å²) in [6, 6.07) is 6.49. The first-order chi connectivity index (χ1) is 3.80. The summed E-state index contributed by atoms with van der Waals surface area (Å²) in [5.74, 6) is -0.215. The summed E-state index contributed by atoms with van der Waals surface area (Å²) in [5, 5.41) is 0. The zero-order valence-corrected chi connectivity index (χ0v) is 6.36. The molecule has 1 nitrogen and oxygen atoms in total. The molecule has 0 atom stereocenters. The van der Waals surface area contributed by atoms with Gasteiger partial charge in [-0.05, 0) is 28.1 Å². The third kappa shape index (κ3) is 2.11. The van der Waals surface area contributed by atoms with Crippen molar-refractivity contribution in [3.05, 3.63) is 34.6 Å². The Hall–Kier alpha value is -0.410. The molecule has 0 saturated heterocycles. The molecule has 9 heavy (non-hydrogen) atoms. The van der Waals surface area contributed by atoms with Crippen LogP contribution in [-0.2, 0) is 0 Å². The fourth-order valence-corrected chi connectivity index (χ4v) is 0.724. The minimum Gasteiger partial charge on any atom is -0.344 e. The molecule has 0 fully saturated rings. The first-order valence-electron chi connectivity index (χ1n) is 2.21. The van der Waals surface area contributed by atoms with Crippen LogP contribution in [0, 0.1) is 5.82 Å². The molecule has 0 heterocycles. The van der Waals surface area contributed by atoms with Gasteiger partial charge in [0.25, 0.3) is 0 Å². The van der Waals surface area contributed by atoms with E-state index >= 15 is 0 Å². The summed E-state index contributed by atoms with van der Waals surface area (Å²) in [6.45, 7) is 0. The molecule has 3 N–H and O–H groups in total. The van der Waals surface area contributed by atoms with Crippen LogP contribution in [0.2, 0.25) is 0 Å². The molecule has 1 aromatic rings. The molecule has 0 unspecified atom stereocenters. The van der Waals surface area contributed by atoms with Gasteiger partial charge >= 0.3 is 0 Å². The van der Waals surface area contributed by atoms with Crippen molar-refractivity contribution >= 4 is 15.9 Å². The van der Waals surface area contributed by atoms with Crippen molar-refractivity contribution in [3.8, 4) is 0 Å². The molecule has 0 aliphatic rings. The van der Waals surface area contributed by atoms with Crippen LogP contribution in [0.1, 0.15) is 0 Å². The van der Waals surface area contributed by atoms with Gasteiger partial charge in [-0.25, -0.2) is 4.39 Å². The topological polar surface area (TPSA) is 35.0 Å². The number of benzene rings is 1. The molecule has 0 bridgehead atoms. The van der Waals surface area contributed by atoms with Gasteiger partial charge in [-0.1, -0.05) is 12.1 Å². The third-order valence-electron chi connectivity index (χ3n) is 0.824. The van der Waals surface area contributed by atoms with Crippen molar-refractivity contribution in [3.63, 3.8) is 0 Å². The van der Waals surface area contributed by atoms with Gasteiger partial charge in [0.05, 0.1) is 4.47 Å². The van der Waals surface area contributed by atoms with E-state index in [4.69, 9.17) is 0 Å². The molecule has 0 spiro atoms. The Morgan fingerprint density at radius 3 is 2.11 bits per heavy atom. The van der Waals surface area contributed by atoms with E-state index in [0.29, 0.717) is 4.47 Å². The lowest BCUT2D eigenvalue weighted by Gasteiger charge is -1.87. The maximum Gasteiger partial charge on any atom is 0.137 e. The summed E-state index contributed by atoms with van der Waals surface area (Å²) in [7, 11) is 0. The molecule has 0 aliphatic heterocycles. The van der Waals surface area contributed by atoms with Crippen molar-refractivity contribution in [2.75, 3.05) is 0 Å². The Kier molecular flexibility index (Phi) is 3.42. The fourth-order valence-electron chi connectivity index (χ4n) is 0.439. The second-order valence-electron chi connectivity index (χ2n) is 1.41. The van der Waals surface area contributed by atoms with Crippen molar-refractivity contribution in [2.45, 2.75) is 0 Å². The Balaban J connectivity index is 0.000000640. The van der Waals surface area contributed by atoms with Gasteiger partial charge in [0.2, 0.25) is 0 Å². The van der Waals surface area contributed by atoms with Gasteiger partial charge < -0.3 is 6.15 Å². The number of hydrogen-bond donors (Lipinski definition) is 1. The zero-order chi connectivity index (χ0) is 5.98. The predicted octanol–water partition coefficient (Wildman–Crippen LogP) is 2.75. The lowest BCUT2D eigenvalue weighted by molar-refractivity contribution is 0.621. The van der Waals surface area contributed by atoms with Crippen LogP contribution in [-0.4, -0.2) is 0 Å². The van der Waals surface area contributed by atoms with Crippen molar-refractivity contribution < 1.29 is 4.39 Å². The Morgan fingerprint density at radius 2 is 1.78 bits per heavy atom. The van der Waals surface area contributed by atoms with Gasteiger partial charge in [-0.2, -0.15) is 0 Å². The van der Waals surface area contributed by atoms with Crippen molar-refractivity contribution in [1.29, 1.82) is 0 Å². The third-order valence-corrected chi connectivity index (χ3v) is 1.47. The van der Waals surface area contributed by atoms with Crippen LogP contribution in [0.15, 0.2) is 28.7 Å². The van der Waals surface area contributed by atoms with E-state index in [1.807, 2.05) is 0 Å². The molecule has 0 aromatic heterocycles. The summed E-state index contributed by atoms with van der Waals surface area (Å²) in [6.07, 6.45) is 0.